The van der Waals surface area contributed by atoms with Crippen LogP contribution in [0.1, 0.15) is 38.1 Å². The molecule has 0 spiro atoms. The number of sulfonamides is 1. The third kappa shape index (κ3) is 4.02. The molecule has 0 bridgehead atoms. The van der Waals surface area contributed by atoms with Crippen LogP contribution < -0.4 is 10.0 Å². The molecule has 1 aromatic rings. The third-order valence-electron chi connectivity index (χ3n) is 3.23. The highest BCUT2D eigenvalue weighted by Crippen LogP contribution is 2.28. The van der Waals surface area contributed by atoms with Gasteiger partial charge in [0, 0.05) is 17.5 Å². The molecule has 0 radical (unpaired) electrons. The maximum Gasteiger partial charge on any atom is 0.242 e. The molecular formula is C13H24N2O2S2. The second-order valence-corrected chi connectivity index (χ2v) is 8.53. The molecule has 1 heterocycles. The van der Waals surface area contributed by atoms with Crippen LogP contribution >= 0.6 is 11.3 Å². The minimum atomic E-state index is -3.46. The van der Waals surface area contributed by atoms with E-state index in [2.05, 4.69) is 10.0 Å². The molecule has 19 heavy (non-hydrogen) atoms. The lowest BCUT2D eigenvalue weighted by molar-refractivity contribution is 0.317. The molecule has 4 nitrogen and oxygen atoms in total. The van der Waals surface area contributed by atoms with Crippen molar-refractivity contribution in [2.45, 2.75) is 52.1 Å². The highest BCUT2D eigenvalue weighted by molar-refractivity contribution is 7.89. The van der Waals surface area contributed by atoms with Crippen LogP contribution in [0.4, 0.5) is 0 Å². The zero-order chi connectivity index (χ0) is 14.8. The van der Waals surface area contributed by atoms with E-state index < -0.39 is 10.0 Å². The fourth-order valence-electron chi connectivity index (χ4n) is 1.60. The summed E-state index contributed by atoms with van der Waals surface area (Å²) in [5, 5.41) is 4.90. The van der Waals surface area contributed by atoms with Crippen LogP contribution in [-0.2, 0) is 16.6 Å². The van der Waals surface area contributed by atoms with Crippen molar-refractivity contribution in [2.24, 2.45) is 5.41 Å². The summed E-state index contributed by atoms with van der Waals surface area (Å²) in [6.07, 6.45) is 0. The fourth-order valence-corrected chi connectivity index (χ4v) is 4.87. The molecule has 1 aromatic heterocycles. The van der Waals surface area contributed by atoms with Gasteiger partial charge < -0.3 is 5.32 Å². The van der Waals surface area contributed by atoms with E-state index in [1.165, 1.54) is 11.3 Å². The number of thiophene rings is 1. The molecule has 0 amide bonds. The third-order valence-corrected chi connectivity index (χ3v) is 6.23. The molecule has 0 fully saturated rings. The van der Waals surface area contributed by atoms with Gasteiger partial charge in [0.2, 0.25) is 10.0 Å². The van der Waals surface area contributed by atoms with Gasteiger partial charge in [-0.05, 0) is 37.3 Å². The summed E-state index contributed by atoms with van der Waals surface area (Å²) < 4.78 is 27.9. The van der Waals surface area contributed by atoms with Gasteiger partial charge in [-0.25, -0.2) is 13.1 Å². The van der Waals surface area contributed by atoms with Gasteiger partial charge in [0.25, 0.3) is 0 Å². The van der Waals surface area contributed by atoms with Gasteiger partial charge in [0.1, 0.15) is 4.90 Å². The predicted molar refractivity (Wildman–Crippen MR) is 81.1 cm³/mol. The highest BCUT2D eigenvalue weighted by atomic mass is 32.2. The van der Waals surface area contributed by atoms with Crippen LogP contribution in [0.3, 0.4) is 0 Å². The molecule has 1 rings (SSSR count). The van der Waals surface area contributed by atoms with Crippen molar-refractivity contribution >= 4 is 21.4 Å². The van der Waals surface area contributed by atoms with Crippen molar-refractivity contribution < 1.29 is 8.42 Å². The van der Waals surface area contributed by atoms with E-state index >= 15 is 0 Å². The molecule has 1 unspecified atom stereocenters. The van der Waals surface area contributed by atoms with Gasteiger partial charge in [-0.15, -0.1) is 11.3 Å². The van der Waals surface area contributed by atoms with Crippen LogP contribution in [0.2, 0.25) is 0 Å². The number of hydrogen-bond acceptors (Lipinski definition) is 4. The van der Waals surface area contributed by atoms with Gasteiger partial charge in [-0.2, -0.15) is 0 Å². The molecule has 0 saturated carbocycles. The van der Waals surface area contributed by atoms with Crippen LogP contribution in [0.5, 0.6) is 0 Å². The Morgan fingerprint density at radius 2 is 1.95 bits per heavy atom. The lowest BCUT2D eigenvalue weighted by Crippen LogP contribution is -2.41. The zero-order valence-corrected chi connectivity index (χ0v) is 14.1. The monoisotopic (exact) mass is 304 g/mol. The van der Waals surface area contributed by atoms with Crippen LogP contribution in [0.25, 0.3) is 0 Å². The van der Waals surface area contributed by atoms with Gasteiger partial charge in [-0.3, -0.25) is 0 Å². The molecule has 2 N–H and O–H groups in total. The molecule has 110 valence electrons. The summed E-state index contributed by atoms with van der Waals surface area (Å²) in [5.41, 5.74) is 0.698. The molecule has 0 aromatic carbocycles. The molecule has 0 aliphatic carbocycles. The van der Waals surface area contributed by atoms with E-state index in [1.54, 1.807) is 0 Å². The van der Waals surface area contributed by atoms with Crippen molar-refractivity contribution in [3.05, 3.63) is 15.8 Å². The smallest absolute Gasteiger partial charge is 0.242 e. The summed E-state index contributed by atoms with van der Waals surface area (Å²) in [5.74, 6) is 0. The maximum atomic E-state index is 12.5. The molecule has 0 aliphatic rings. The minimum Gasteiger partial charge on any atom is -0.315 e. The summed E-state index contributed by atoms with van der Waals surface area (Å²) in [6, 6.07) is -0.126. The Bertz CT molecular complexity index is 527. The van der Waals surface area contributed by atoms with Crippen molar-refractivity contribution in [3.63, 3.8) is 0 Å². The average molecular weight is 304 g/mol. The SMILES string of the molecule is CNCc1scc(C)c1S(=O)(=O)NC(C)C(C)(C)C. The Morgan fingerprint density at radius 1 is 1.37 bits per heavy atom. The first-order chi connectivity index (χ1) is 8.59. The Morgan fingerprint density at radius 3 is 2.42 bits per heavy atom. The van der Waals surface area contributed by atoms with Gasteiger partial charge >= 0.3 is 0 Å². The average Bonchev–Trinajstić information content (AvgIpc) is 2.59. The second kappa shape index (κ2) is 5.91. The molecule has 6 heteroatoms. The topological polar surface area (TPSA) is 58.2 Å². The minimum absolute atomic E-state index is 0.111. The number of aryl methyl sites for hydroxylation is 1. The van der Waals surface area contributed by atoms with Crippen molar-refractivity contribution in [1.82, 2.24) is 10.0 Å². The number of nitrogens with one attached hydrogen (secondary N) is 2. The zero-order valence-electron chi connectivity index (χ0n) is 12.5. The predicted octanol–water partition coefficient (Wildman–Crippen LogP) is 2.49. The summed E-state index contributed by atoms with van der Waals surface area (Å²) in [6.45, 7) is 10.4. The lowest BCUT2D eigenvalue weighted by atomic mass is 9.89. The fraction of sp³-hybridized carbons (Fsp3) is 0.692. The normalized spacial score (nSPS) is 14.6. The van der Waals surface area contributed by atoms with Crippen molar-refractivity contribution in [2.75, 3.05) is 7.05 Å². The summed E-state index contributed by atoms with van der Waals surface area (Å²) >= 11 is 1.48. The van der Waals surface area contributed by atoms with Crippen LogP contribution in [0, 0.1) is 12.3 Å². The van der Waals surface area contributed by atoms with Gasteiger partial charge in [0.15, 0.2) is 0 Å². The van der Waals surface area contributed by atoms with E-state index in [1.807, 2.05) is 47.0 Å². The second-order valence-electron chi connectivity index (χ2n) is 5.91. The highest BCUT2D eigenvalue weighted by Gasteiger charge is 2.29. The first-order valence-corrected chi connectivity index (χ1v) is 8.69. The van der Waals surface area contributed by atoms with Gasteiger partial charge in [0.05, 0.1) is 0 Å². The van der Waals surface area contributed by atoms with Crippen LogP contribution in [-0.4, -0.2) is 21.5 Å². The van der Waals surface area contributed by atoms with Crippen molar-refractivity contribution in [1.29, 1.82) is 0 Å². The number of rotatable bonds is 5. The Kier molecular flexibility index (Phi) is 5.17. The first-order valence-electron chi connectivity index (χ1n) is 6.33. The largest absolute Gasteiger partial charge is 0.315 e. The van der Waals surface area contributed by atoms with E-state index in [4.69, 9.17) is 0 Å². The molecule has 0 aliphatic heterocycles. The molecule has 0 saturated heterocycles. The Hall–Kier alpha value is -0.430. The van der Waals surface area contributed by atoms with Gasteiger partial charge in [-0.1, -0.05) is 20.8 Å². The molecular weight excluding hydrogens is 280 g/mol. The Labute approximate surface area is 120 Å². The van der Waals surface area contributed by atoms with E-state index in [0.29, 0.717) is 11.4 Å². The standard InChI is InChI=1S/C13H24N2O2S2/c1-9-8-18-11(7-14-6)12(9)19(16,17)15-10(2)13(3,4)5/h8,10,14-15H,7H2,1-6H3. The quantitative estimate of drug-likeness (QED) is 0.878. The summed E-state index contributed by atoms with van der Waals surface area (Å²) in [4.78, 5) is 1.29. The summed E-state index contributed by atoms with van der Waals surface area (Å²) in [7, 11) is -1.65. The molecule has 1 atom stereocenters. The lowest BCUT2D eigenvalue weighted by Gasteiger charge is -2.28. The van der Waals surface area contributed by atoms with E-state index in [-0.39, 0.29) is 11.5 Å². The van der Waals surface area contributed by atoms with Crippen molar-refractivity contribution in [3.8, 4) is 0 Å². The van der Waals surface area contributed by atoms with E-state index in [9.17, 15) is 8.42 Å². The van der Waals surface area contributed by atoms with E-state index in [0.717, 1.165) is 10.4 Å². The maximum absolute atomic E-state index is 12.5. The first kappa shape index (κ1) is 16.6. The Balaban J connectivity index is 3.11. The van der Waals surface area contributed by atoms with Crippen LogP contribution in [0.15, 0.2) is 10.3 Å². The number of hydrogen-bond donors (Lipinski definition) is 2.